The SMILES string of the molecule is CCC[C@H](C)Nc1ncc2c(C3CCN(C(=O)C4CCNCC4)CC3)cn(C3CCC(O)CC3)c2n1. The predicted octanol–water partition coefficient (Wildman–Crippen LogP) is 4.21. The molecule has 3 fully saturated rings. The van der Waals surface area contributed by atoms with Gasteiger partial charge < -0.3 is 25.2 Å². The van der Waals surface area contributed by atoms with E-state index < -0.39 is 0 Å². The molecule has 1 atom stereocenters. The van der Waals surface area contributed by atoms with E-state index in [-0.39, 0.29) is 12.0 Å². The van der Waals surface area contributed by atoms with Crippen molar-refractivity contribution in [1.82, 2.24) is 24.8 Å². The highest BCUT2D eigenvalue weighted by Crippen LogP contribution is 2.38. The lowest BCUT2D eigenvalue weighted by Crippen LogP contribution is -2.44. The van der Waals surface area contributed by atoms with Crippen molar-refractivity contribution in [1.29, 1.82) is 0 Å². The molecule has 0 aromatic carbocycles. The third kappa shape index (κ3) is 5.54. The highest BCUT2D eigenvalue weighted by molar-refractivity contribution is 5.82. The van der Waals surface area contributed by atoms with Crippen LogP contribution < -0.4 is 10.6 Å². The fourth-order valence-electron chi connectivity index (χ4n) is 6.53. The topological polar surface area (TPSA) is 95.3 Å². The Morgan fingerprint density at radius 3 is 2.56 bits per heavy atom. The van der Waals surface area contributed by atoms with Gasteiger partial charge in [0.05, 0.1) is 6.10 Å². The van der Waals surface area contributed by atoms with E-state index in [9.17, 15) is 9.90 Å². The summed E-state index contributed by atoms with van der Waals surface area (Å²) in [7, 11) is 0. The predicted molar refractivity (Wildman–Crippen MR) is 143 cm³/mol. The van der Waals surface area contributed by atoms with Crippen LogP contribution in [0.2, 0.25) is 0 Å². The van der Waals surface area contributed by atoms with Gasteiger partial charge in [0.1, 0.15) is 5.65 Å². The molecule has 8 heteroatoms. The average molecular weight is 497 g/mol. The van der Waals surface area contributed by atoms with Crippen molar-refractivity contribution in [2.24, 2.45) is 5.92 Å². The standard InChI is InChI=1S/C28H44N6O2/c1-3-4-19(2)31-28-30-17-24-25(18-34(26(24)32-28)22-5-7-23(35)8-6-22)20-11-15-33(16-12-20)27(36)21-9-13-29-14-10-21/h17-23,29,35H,3-16H2,1-2H3,(H,30,31,32)/t19-,22?,23?/m0/s1. The molecule has 0 bridgehead atoms. The van der Waals surface area contributed by atoms with Crippen LogP contribution in [0.1, 0.15) is 95.6 Å². The van der Waals surface area contributed by atoms with Gasteiger partial charge in [-0.1, -0.05) is 13.3 Å². The maximum atomic E-state index is 13.1. The number of piperidine rings is 2. The third-order valence-corrected chi connectivity index (χ3v) is 8.69. The molecule has 5 rings (SSSR count). The van der Waals surface area contributed by atoms with E-state index >= 15 is 0 Å². The van der Waals surface area contributed by atoms with Crippen LogP contribution in [0.25, 0.3) is 11.0 Å². The second kappa shape index (κ2) is 11.5. The third-order valence-electron chi connectivity index (χ3n) is 8.69. The van der Waals surface area contributed by atoms with E-state index in [2.05, 4.69) is 40.1 Å². The van der Waals surface area contributed by atoms with Crippen LogP contribution in [-0.2, 0) is 4.79 Å². The maximum Gasteiger partial charge on any atom is 0.225 e. The summed E-state index contributed by atoms with van der Waals surface area (Å²) >= 11 is 0. The quantitative estimate of drug-likeness (QED) is 0.531. The van der Waals surface area contributed by atoms with E-state index in [0.29, 0.717) is 29.9 Å². The molecule has 4 heterocycles. The van der Waals surface area contributed by atoms with E-state index in [1.807, 2.05) is 6.20 Å². The Labute approximate surface area is 215 Å². The molecule has 1 amide bonds. The smallest absolute Gasteiger partial charge is 0.225 e. The lowest BCUT2D eigenvalue weighted by atomic mass is 9.88. The number of hydrogen-bond acceptors (Lipinski definition) is 6. The lowest BCUT2D eigenvalue weighted by Gasteiger charge is -2.35. The second-order valence-electron chi connectivity index (χ2n) is 11.3. The van der Waals surface area contributed by atoms with Crippen molar-refractivity contribution >= 4 is 22.9 Å². The Kier molecular flexibility index (Phi) is 8.11. The molecule has 3 N–H and O–H groups in total. The van der Waals surface area contributed by atoms with Gasteiger partial charge in [-0.05, 0) is 89.3 Å². The number of anilines is 1. The Bertz CT molecular complexity index is 1020. The van der Waals surface area contributed by atoms with Crippen LogP contribution in [0, 0.1) is 5.92 Å². The van der Waals surface area contributed by atoms with Crippen LogP contribution in [0.4, 0.5) is 5.95 Å². The van der Waals surface area contributed by atoms with E-state index in [1.165, 1.54) is 5.56 Å². The Morgan fingerprint density at radius 2 is 1.86 bits per heavy atom. The number of aliphatic hydroxyl groups is 1. The molecule has 0 unspecified atom stereocenters. The van der Waals surface area contributed by atoms with Gasteiger partial charge in [0.2, 0.25) is 11.9 Å². The molecule has 198 valence electrons. The van der Waals surface area contributed by atoms with Crippen LogP contribution in [0.5, 0.6) is 0 Å². The second-order valence-corrected chi connectivity index (χ2v) is 11.3. The van der Waals surface area contributed by atoms with Crippen LogP contribution >= 0.6 is 0 Å². The first kappa shape index (κ1) is 25.5. The summed E-state index contributed by atoms with van der Waals surface area (Å²) in [5.74, 6) is 1.67. The van der Waals surface area contributed by atoms with Gasteiger partial charge in [-0.25, -0.2) is 4.98 Å². The van der Waals surface area contributed by atoms with E-state index in [1.54, 1.807) is 0 Å². The first-order chi connectivity index (χ1) is 17.5. The highest BCUT2D eigenvalue weighted by atomic mass is 16.3. The van der Waals surface area contributed by atoms with E-state index in [4.69, 9.17) is 9.97 Å². The van der Waals surface area contributed by atoms with Gasteiger partial charge in [0.25, 0.3) is 0 Å². The first-order valence-corrected chi connectivity index (χ1v) is 14.3. The molecule has 3 aliphatic rings. The molecule has 8 nitrogen and oxygen atoms in total. The zero-order chi connectivity index (χ0) is 25.1. The van der Waals surface area contributed by atoms with Crippen molar-refractivity contribution < 1.29 is 9.90 Å². The normalized spacial score (nSPS) is 25.2. The Morgan fingerprint density at radius 1 is 1.14 bits per heavy atom. The molecule has 2 aromatic heterocycles. The lowest BCUT2D eigenvalue weighted by molar-refractivity contribution is -0.137. The average Bonchev–Trinajstić information content (AvgIpc) is 3.28. The van der Waals surface area contributed by atoms with Crippen LogP contribution in [0.3, 0.4) is 0 Å². The Hall–Kier alpha value is -2.19. The number of carbonyl (C=O) groups is 1. The zero-order valence-electron chi connectivity index (χ0n) is 22.1. The number of likely N-dealkylation sites (tertiary alicyclic amines) is 1. The van der Waals surface area contributed by atoms with Gasteiger partial charge >= 0.3 is 0 Å². The van der Waals surface area contributed by atoms with Crippen LogP contribution in [0.15, 0.2) is 12.4 Å². The van der Waals surface area contributed by atoms with Gasteiger partial charge in [-0.3, -0.25) is 4.79 Å². The summed E-state index contributed by atoms with van der Waals surface area (Å²) in [6.07, 6.45) is 13.9. The minimum Gasteiger partial charge on any atom is -0.393 e. The fraction of sp³-hybridized carbons (Fsp3) is 0.750. The minimum atomic E-state index is -0.175. The monoisotopic (exact) mass is 496 g/mol. The van der Waals surface area contributed by atoms with Gasteiger partial charge in [-0.15, -0.1) is 0 Å². The maximum absolute atomic E-state index is 13.1. The first-order valence-electron chi connectivity index (χ1n) is 14.3. The van der Waals surface area contributed by atoms with Gasteiger partial charge in [-0.2, -0.15) is 4.98 Å². The largest absolute Gasteiger partial charge is 0.393 e. The van der Waals surface area contributed by atoms with Crippen molar-refractivity contribution in [3.8, 4) is 0 Å². The molecule has 1 saturated carbocycles. The molecular formula is C28H44N6O2. The van der Waals surface area contributed by atoms with E-state index in [0.717, 1.165) is 101 Å². The zero-order valence-corrected chi connectivity index (χ0v) is 22.1. The minimum absolute atomic E-state index is 0.175. The highest BCUT2D eigenvalue weighted by Gasteiger charge is 2.32. The molecule has 2 aliphatic heterocycles. The summed E-state index contributed by atoms with van der Waals surface area (Å²) in [5, 5.41) is 18.1. The van der Waals surface area contributed by atoms with Gasteiger partial charge in [0.15, 0.2) is 0 Å². The fourth-order valence-corrected chi connectivity index (χ4v) is 6.53. The number of hydrogen-bond donors (Lipinski definition) is 3. The van der Waals surface area contributed by atoms with Crippen molar-refractivity contribution in [3.05, 3.63) is 18.0 Å². The van der Waals surface area contributed by atoms with Crippen molar-refractivity contribution in [3.63, 3.8) is 0 Å². The number of nitrogens with zero attached hydrogens (tertiary/aromatic N) is 4. The number of rotatable bonds is 7. The van der Waals surface area contributed by atoms with Crippen molar-refractivity contribution in [2.45, 2.75) is 102 Å². The van der Waals surface area contributed by atoms with Crippen molar-refractivity contribution in [2.75, 3.05) is 31.5 Å². The van der Waals surface area contributed by atoms with Gasteiger partial charge in [0, 0.05) is 48.9 Å². The summed E-state index contributed by atoms with van der Waals surface area (Å²) in [6.45, 7) is 7.97. The number of nitrogens with one attached hydrogen (secondary N) is 2. The molecule has 2 saturated heterocycles. The summed E-state index contributed by atoms with van der Waals surface area (Å²) < 4.78 is 2.38. The summed E-state index contributed by atoms with van der Waals surface area (Å²) in [6, 6.07) is 0.698. The molecular weight excluding hydrogens is 452 g/mol. The Balaban J connectivity index is 1.36. The van der Waals surface area contributed by atoms with Crippen LogP contribution in [-0.4, -0.2) is 68.8 Å². The summed E-state index contributed by atoms with van der Waals surface area (Å²) in [4.78, 5) is 24.9. The number of fused-ring (bicyclic) bond motifs is 1. The number of carbonyl (C=O) groups excluding carboxylic acids is 1. The molecule has 1 aliphatic carbocycles. The number of amides is 1. The number of aliphatic hydroxyl groups excluding tert-OH is 1. The molecule has 36 heavy (non-hydrogen) atoms. The molecule has 2 aromatic rings. The molecule has 0 radical (unpaired) electrons. The molecule has 0 spiro atoms. The number of aromatic nitrogens is 3. The summed E-state index contributed by atoms with van der Waals surface area (Å²) in [5.41, 5.74) is 2.35.